The largest absolute Gasteiger partial charge is 0.357 e. The number of guanidine groups is 1. The molecule has 2 unspecified atom stereocenters. The van der Waals surface area contributed by atoms with Crippen LogP contribution in [0.5, 0.6) is 0 Å². The molecule has 1 aliphatic heterocycles. The van der Waals surface area contributed by atoms with E-state index in [0.29, 0.717) is 5.92 Å². The first-order valence-electron chi connectivity index (χ1n) is 10.5. The quantitative estimate of drug-likeness (QED) is 0.371. The highest BCUT2D eigenvalue weighted by molar-refractivity contribution is 14.0. The van der Waals surface area contributed by atoms with Gasteiger partial charge in [-0.05, 0) is 43.7 Å². The van der Waals surface area contributed by atoms with Crippen molar-refractivity contribution in [2.75, 3.05) is 26.2 Å². The molecule has 1 amide bonds. The van der Waals surface area contributed by atoms with Crippen LogP contribution in [0.2, 0.25) is 0 Å². The van der Waals surface area contributed by atoms with Gasteiger partial charge in [0.05, 0.1) is 0 Å². The number of benzene rings is 1. The third-order valence-corrected chi connectivity index (χ3v) is 5.64. The van der Waals surface area contributed by atoms with Gasteiger partial charge in [-0.25, -0.2) is 0 Å². The van der Waals surface area contributed by atoms with Crippen LogP contribution in [0.4, 0.5) is 0 Å². The van der Waals surface area contributed by atoms with Crippen molar-refractivity contribution in [3.05, 3.63) is 35.4 Å². The standard InChI is InChI=1S/C22H34N4O.HI/c1-4-23-22(25-19-12-13-26(15-19)21(27)16(2)3)24-14-18-10-7-9-17-8-5-6-11-20(17)18;/h5-6,8,11,16,18-19H,4,7,9-10,12-15H2,1-3H3,(H2,23,24,25);1H. The Hall–Kier alpha value is -1.31. The van der Waals surface area contributed by atoms with Crippen LogP contribution in [-0.4, -0.2) is 49.0 Å². The smallest absolute Gasteiger partial charge is 0.225 e. The fourth-order valence-corrected chi connectivity index (χ4v) is 4.20. The predicted octanol–water partition coefficient (Wildman–Crippen LogP) is 3.54. The molecule has 2 atom stereocenters. The Kier molecular flexibility index (Phi) is 9.05. The summed E-state index contributed by atoms with van der Waals surface area (Å²) < 4.78 is 0. The molecule has 0 saturated carbocycles. The molecule has 1 aliphatic carbocycles. The van der Waals surface area contributed by atoms with Gasteiger partial charge in [0.2, 0.25) is 5.91 Å². The van der Waals surface area contributed by atoms with Crippen molar-refractivity contribution in [2.24, 2.45) is 10.9 Å². The predicted molar refractivity (Wildman–Crippen MR) is 126 cm³/mol. The van der Waals surface area contributed by atoms with Crippen LogP contribution in [-0.2, 0) is 11.2 Å². The Morgan fingerprint density at radius 2 is 2.07 bits per heavy atom. The van der Waals surface area contributed by atoms with E-state index in [-0.39, 0.29) is 41.8 Å². The molecule has 6 heteroatoms. The van der Waals surface area contributed by atoms with Gasteiger partial charge < -0.3 is 15.5 Å². The molecule has 2 aliphatic rings. The normalized spacial score (nSPS) is 21.9. The number of aryl methyl sites for hydroxylation is 1. The van der Waals surface area contributed by atoms with Gasteiger partial charge in [0, 0.05) is 44.1 Å². The molecule has 0 radical (unpaired) electrons. The number of hydrogen-bond acceptors (Lipinski definition) is 2. The van der Waals surface area contributed by atoms with E-state index >= 15 is 0 Å². The molecule has 156 valence electrons. The van der Waals surface area contributed by atoms with Crippen LogP contribution in [0.1, 0.15) is 57.1 Å². The second kappa shape index (κ2) is 11.0. The Morgan fingerprint density at radius 1 is 1.29 bits per heavy atom. The minimum atomic E-state index is 0. The molecule has 0 spiro atoms. The minimum Gasteiger partial charge on any atom is -0.357 e. The maximum atomic E-state index is 12.2. The Bertz CT molecular complexity index is 676. The number of aliphatic imine (C=N–C) groups is 1. The summed E-state index contributed by atoms with van der Waals surface area (Å²) in [7, 11) is 0. The van der Waals surface area contributed by atoms with Gasteiger partial charge in [-0.15, -0.1) is 24.0 Å². The lowest BCUT2D eigenvalue weighted by molar-refractivity contribution is -0.133. The minimum absolute atomic E-state index is 0. The first-order valence-corrected chi connectivity index (χ1v) is 10.5. The monoisotopic (exact) mass is 498 g/mol. The summed E-state index contributed by atoms with van der Waals surface area (Å²) in [5.41, 5.74) is 2.96. The Morgan fingerprint density at radius 3 is 2.82 bits per heavy atom. The van der Waals surface area contributed by atoms with E-state index in [9.17, 15) is 4.79 Å². The van der Waals surface area contributed by atoms with E-state index in [1.807, 2.05) is 18.7 Å². The molecule has 1 aromatic carbocycles. The number of nitrogens with zero attached hydrogens (tertiary/aromatic N) is 2. The lowest BCUT2D eigenvalue weighted by atomic mass is 9.83. The summed E-state index contributed by atoms with van der Waals surface area (Å²) in [6.07, 6.45) is 4.63. The maximum absolute atomic E-state index is 12.2. The van der Waals surface area contributed by atoms with Crippen molar-refractivity contribution in [3.8, 4) is 0 Å². The zero-order chi connectivity index (χ0) is 19.2. The maximum Gasteiger partial charge on any atom is 0.225 e. The van der Waals surface area contributed by atoms with Gasteiger partial charge >= 0.3 is 0 Å². The third-order valence-electron chi connectivity index (χ3n) is 5.64. The van der Waals surface area contributed by atoms with E-state index in [0.717, 1.165) is 38.6 Å². The van der Waals surface area contributed by atoms with Crippen LogP contribution < -0.4 is 10.6 Å². The lowest BCUT2D eigenvalue weighted by Crippen LogP contribution is -2.45. The van der Waals surface area contributed by atoms with E-state index in [4.69, 9.17) is 4.99 Å². The number of fused-ring (bicyclic) bond motifs is 1. The van der Waals surface area contributed by atoms with Crippen molar-refractivity contribution in [2.45, 2.75) is 58.4 Å². The molecule has 3 rings (SSSR count). The zero-order valence-corrected chi connectivity index (χ0v) is 19.7. The third kappa shape index (κ3) is 5.84. The van der Waals surface area contributed by atoms with Gasteiger partial charge in [-0.3, -0.25) is 9.79 Å². The molecule has 28 heavy (non-hydrogen) atoms. The van der Waals surface area contributed by atoms with Gasteiger partial charge in [0.1, 0.15) is 0 Å². The van der Waals surface area contributed by atoms with Crippen LogP contribution in [0.3, 0.4) is 0 Å². The molecular weight excluding hydrogens is 463 g/mol. The number of halogens is 1. The van der Waals surface area contributed by atoms with E-state index in [1.54, 1.807) is 0 Å². The number of carbonyl (C=O) groups is 1. The Labute approximate surface area is 186 Å². The lowest BCUT2D eigenvalue weighted by Gasteiger charge is -2.25. The van der Waals surface area contributed by atoms with Crippen LogP contribution in [0, 0.1) is 5.92 Å². The molecular formula is C22H35IN4O. The van der Waals surface area contributed by atoms with E-state index in [2.05, 4.69) is 41.8 Å². The second-order valence-electron chi connectivity index (χ2n) is 8.08. The fourth-order valence-electron chi connectivity index (χ4n) is 4.20. The number of rotatable bonds is 5. The number of carbonyl (C=O) groups excluding carboxylic acids is 1. The fraction of sp³-hybridized carbons (Fsp3) is 0.636. The van der Waals surface area contributed by atoms with Crippen LogP contribution >= 0.6 is 24.0 Å². The summed E-state index contributed by atoms with van der Waals surface area (Å²) in [4.78, 5) is 19.1. The highest BCUT2D eigenvalue weighted by Crippen LogP contribution is 2.31. The first-order chi connectivity index (χ1) is 13.1. The highest BCUT2D eigenvalue weighted by Gasteiger charge is 2.28. The van der Waals surface area contributed by atoms with Gasteiger partial charge in [-0.1, -0.05) is 38.1 Å². The van der Waals surface area contributed by atoms with Crippen LogP contribution in [0.25, 0.3) is 0 Å². The summed E-state index contributed by atoms with van der Waals surface area (Å²) >= 11 is 0. The molecule has 1 fully saturated rings. The summed E-state index contributed by atoms with van der Waals surface area (Å²) in [6, 6.07) is 9.09. The van der Waals surface area contributed by atoms with Crippen molar-refractivity contribution >= 4 is 35.8 Å². The summed E-state index contributed by atoms with van der Waals surface area (Å²) in [5.74, 6) is 1.70. The number of amides is 1. The van der Waals surface area contributed by atoms with E-state index in [1.165, 1.54) is 30.4 Å². The second-order valence-corrected chi connectivity index (χ2v) is 8.08. The zero-order valence-electron chi connectivity index (χ0n) is 17.4. The molecule has 5 nitrogen and oxygen atoms in total. The summed E-state index contributed by atoms with van der Waals surface area (Å²) in [6.45, 7) is 9.30. The molecule has 1 aromatic rings. The van der Waals surface area contributed by atoms with Crippen molar-refractivity contribution in [1.29, 1.82) is 0 Å². The van der Waals surface area contributed by atoms with E-state index < -0.39 is 0 Å². The molecule has 0 aromatic heterocycles. The topological polar surface area (TPSA) is 56.7 Å². The first kappa shape index (κ1) is 23.0. The average Bonchev–Trinajstić information content (AvgIpc) is 3.14. The molecule has 2 N–H and O–H groups in total. The van der Waals surface area contributed by atoms with Crippen molar-refractivity contribution in [3.63, 3.8) is 0 Å². The van der Waals surface area contributed by atoms with Gasteiger partial charge in [-0.2, -0.15) is 0 Å². The number of likely N-dealkylation sites (tertiary alicyclic amines) is 1. The Balaban J connectivity index is 0.00000280. The molecule has 1 heterocycles. The van der Waals surface area contributed by atoms with Crippen molar-refractivity contribution < 1.29 is 4.79 Å². The average molecular weight is 498 g/mol. The number of hydrogen-bond donors (Lipinski definition) is 2. The van der Waals surface area contributed by atoms with Gasteiger partial charge in [0.25, 0.3) is 0 Å². The highest BCUT2D eigenvalue weighted by atomic mass is 127. The SMILES string of the molecule is CCNC(=NCC1CCCc2ccccc21)NC1CCN(C(=O)C(C)C)C1.I. The molecule has 1 saturated heterocycles. The molecule has 0 bridgehead atoms. The van der Waals surface area contributed by atoms with Crippen molar-refractivity contribution in [1.82, 2.24) is 15.5 Å². The summed E-state index contributed by atoms with van der Waals surface area (Å²) in [5, 5.41) is 6.92. The van der Waals surface area contributed by atoms with Crippen LogP contribution in [0.15, 0.2) is 29.3 Å². The van der Waals surface area contributed by atoms with Gasteiger partial charge in [0.15, 0.2) is 5.96 Å². The number of nitrogens with one attached hydrogen (secondary N) is 2.